The van der Waals surface area contributed by atoms with E-state index >= 15 is 0 Å². The Labute approximate surface area is 115 Å². The molecule has 2 aliphatic rings. The first kappa shape index (κ1) is 14.4. The molecule has 2 heterocycles. The minimum absolute atomic E-state index is 0.0791. The van der Waals surface area contributed by atoms with Crippen LogP contribution < -0.4 is 10.6 Å². The molecule has 8 heteroatoms. The maximum absolute atomic E-state index is 12.3. The Morgan fingerprint density at radius 2 is 2.20 bits per heavy atom. The summed E-state index contributed by atoms with van der Waals surface area (Å²) >= 11 is 0. The van der Waals surface area contributed by atoms with Crippen molar-refractivity contribution in [1.82, 2.24) is 20.4 Å². The van der Waals surface area contributed by atoms with Crippen LogP contribution in [0.5, 0.6) is 0 Å². The molecule has 4 amide bonds. The zero-order valence-corrected chi connectivity index (χ0v) is 11.1. The zero-order valence-electron chi connectivity index (χ0n) is 11.1. The number of hydrogen-bond acceptors (Lipinski definition) is 4. The summed E-state index contributed by atoms with van der Waals surface area (Å²) in [5.74, 6) is -0.835. The van der Waals surface area contributed by atoms with Crippen LogP contribution in [-0.4, -0.2) is 60.1 Å². The molecule has 1 saturated heterocycles. The fraction of sp³-hybridized carbons (Fsp3) is 0.583. The van der Waals surface area contributed by atoms with Gasteiger partial charge in [-0.1, -0.05) is 0 Å². The highest BCUT2D eigenvalue weighted by atomic mass is 19.1. The molecule has 20 heavy (non-hydrogen) atoms. The van der Waals surface area contributed by atoms with E-state index in [1.54, 1.807) is 19.3 Å². The Balaban J connectivity index is 2.19. The highest BCUT2D eigenvalue weighted by Gasteiger charge is 2.40. The fourth-order valence-corrected chi connectivity index (χ4v) is 2.31. The average molecular weight is 284 g/mol. The molecule has 2 rings (SSSR count). The Morgan fingerprint density at radius 1 is 1.45 bits per heavy atom. The third-order valence-electron chi connectivity index (χ3n) is 3.31. The van der Waals surface area contributed by atoms with Gasteiger partial charge in [0, 0.05) is 26.2 Å². The largest absolute Gasteiger partial charge is 0.325 e. The van der Waals surface area contributed by atoms with Gasteiger partial charge in [-0.3, -0.25) is 25.1 Å². The molecule has 0 spiro atoms. The van der Waals surface area contributed by atoms with Gasteiger partial charge in [0.1, 0.15) is 18.9 Å². The van der Waals surface area contributed by atoms with Crippen LogP contribution >= 0.6 is 0 Å². The first-order valence-electron chi connectivity index (χ1n) is 6.41. The lowest BCUT2D eigenvalue weighted by Gasteiger charge is -2.41. The Hall–Kier alpha value is -1.96. The van der Waals surface area contributed by atoms with Crippen LogP contribution in [0.25, 0.3) is 0 Å². The second kappa shape index (κ2) is 6.00. The smallest absolute Gasteiger partial charge is 0.304 e. The van der Waals surface area contributed by atoms with Gasteiger partial charge in [-0.15, -0.1) is 0 Å². The molecular weight excluding hydrogens is 267 g/mol. The number of halogens is 1. The molecule has 2 atom stereocenters. The van der Waals surface area contributed by atoms with Crippen molar-refractivity contribution < 1.29 is 18.8 Å². The first-order valence-corrected chi connectivity index (χ1v) is 6.41. The van der Waals surface area contributed by atoms with E-state index in [0.29, 0.717) is 0 Å². The number of rotatable bonds is 4. The van der Waals surface area contributed by atoms with Gasteiger partial charge < -0.3 is 4.90 Å². The van der Waals surface area contributed by atoms with Gasteiger partial charge in [0.25, 0.3) is 0 Å². The minimum atomic E-state index is -0.732. The van der Waals surface area contributed by atoms with E-state index in [2.05, 4.69) is 10.6 Å². The van der Waals surface area contributed by atoms with Gasteiger partial charge in [-0.25, -0.2) is 9.18 Å². The molecule has 0 aromatic heterocycles. The summed E-state index contributed by atoms with van der Waals surface area (Å²) in [5, 5.41) is 5.08. The fourth-order valence-electron chi connectivity index (χ4n) is 2.31. The summed E-state index contributed by atoms with van der Waals surface area (Å²) in [6, 6.07) is -1.09. The number of carbonyl (C=O) groups is 3. The molecule has 7 nitrogen and oxygen atoms in total. The van der Waals surface area contributed by atoms with Crippen molar-refractivity contribution in [2.24, 2.45) is 0 Å². The molecule has 110 valence electrons. The number of imide groups is 1. The lowest BCUT2D eigenvalue weighted by molar-refractivity contribution is -0.137. The molecule has 2 aliphatic heterocycles. The highest BCUT2D eigenvalue weighted by Crippen LogP contribution is 2.20. The van der Waals surface area contributed by atoms with Gasteiger partial charge in [0.2, 0.25) is 11.8 Å². The topological polar surface area (TPSA) is 81.8 Å². The van der Waals surface area contributed by atoms with E-state index < -0.39 is 24.8 Å². The van der Waals surface area contributed by atoms with Crippen molar-refractivity contribution in [2.45, 2.75) is 25.0 Å². The van der Waals surface area contributed by atoms with Crippen molar-refractivity contribution in [3.8, 4) is 0 Å². The lowest BCUT2D eigenvalue weighted by atomic mass is 10.0. The van der Waals surface area contributed by atoms with E-state index in [1.165, 1.54) is 9.80 Å². The van der Waals surface area contributed by atoms with E-state index in [0.717, 1.165) is 0 Å². The van der Waals surface area contributed by atoms with E-state index in [9.17, 15) is 18.8 Å². The molecule has 0 aromatic carbocycles. The summed E-state index contributed by atoms with van der Waals surface area (Å²) in [5.41, 5.74) is 0. The molecule has 1 fully saturated rings. The summed E-state index contributed by atoms with van der Waals surface area (Å²) in [6.45, 7) is -0.493. The van der Waals surface area contributed by atoms with Gasteiger partial charge in [0.05, 0.1) is 0 Å². The Morgan fingerprint density at radius 3 is 2.85 bits per heavy atom. The lowest BCUT2D eigenvalue weighted by Crippen LogP contribution is -2.63. The number of nitrogens with zero attached hydrogens (tertiary/aromatic N) is 2. The number of amides is 4. The van der Waals surface area contributed by atoms with Gasteiger partial charge in [-0.05, 0) is 12.5 Å². The van der Waals surface area contributed by atoms with Gasteiger partial charge in [0.15, 0.2) is 0 Å². The molecule has 0 saturated carbocycles. The number of alkyl halides is 1. The maximum atomic E-state index is 12.3. The third-order valence-corrected chi connectivity index (χ3v) is 3.31. The number of carbonyl (C=O) groups excluding carboxylic acids is 3. The number of hydrogen-bond donors (Lipinski definition) is 2. The van der Waals surface area contributed by atoms with Crippen molar-refractivity contribution in [3.63, 3.8) is 0 Å². The summed E-state index contributed by atoms with van der Waals surface area (Å²) in [7, 11) is 1.57. The van der Waals surface area contributed by atoms with Crippen LogP contribution in [-0.2, 0) is 9.59 Å². The molecule has 0 bridgehead atoms. The molecule has 0 aromatic rings. The standard InChI is InChI=1S/C12H17FN4O3/c1-16-7-4-9(14-6-5-13)17(12(16)20)8-2-3-10(18)15-11(8)19/h4,7-9,14H,2-3,5-6H2,1H3,(H,15,18,19). The van der Waals surface area contributed by atoms with Crippen molar-refractivity contribution in [2.75, 3.05) is 20.3 Å². The van der Waals surface area contributed by atoms with Gasteiger partial charge in [-0.2, -0.15) is 0 Å². The molecular formula is C12H17FN4O3. The number of urea groups is 1. The van der Waals surface area contributed by atoms with Crippen LogP contribution in [0.4, 0.5) is 9.18 Å². The predicted octanol–water partition coefficient (Wildman–Crippen LogP) is -0.442. The average Bonchev–Trinajstić information content (AvgIpc) is 2.41. The van der Waals surface area contributed by atoms with Crippen LogP contribution in [0.2, 0.25) is 0 Å². The van der Waals surface area contributed by atoms with Gasteiger partial charge >= 0.3 is 6.03 Å². The SMILES string of the molecule is CN1C=CC(NCCF)N(C2CCC(=O)NC2=O)C1=O. The normalized spacial score (nSPS) is 27.0. The minimum Gasteiger partial charge on any atom is -0.304 e. The quantitative estimate of drug-likeness (QED) is 0.686. The predicted molar refractivity (Wildman–Crippen MR) is 68.1 cm³/mol. The Kier molecular flexibility index (Phi) is 4.33. The van der Waals surface area contributed by atoms with E-state index in [-0.39, 0.29) is 31.3 Å². The van der Waals surface area contributed by atoms with Crippen LogP contribution in [0.1, 0.15) is 12.8 Å². The number of nitrogens with one attached hydrogen (secondary N) is 2. The highest BCUT2D eigenvalue weighted by molar-refractivity contribution is 6.01. The summed E-state index contributed by atoms with van der Waals surface area (Å²) in [6.07, 6.45) is 3.15. The van der Waals surface area contributed by atoms with Crippen molar-refractivity contribution >= 4 is 17.8 Å². The summed E-state index contributed by atoms with van der Waals surface area (Å²) < 4.78 is 12.3. The van der Waals surface area contributed by atoms with Crippen LogP contribution in [0.15, 0.2) is 12.3 Å². The second-order valence-electron chi connectivity index (χ2n) is 4.70. The first-order chi connectivity index (χ1) is 9.54. The second-order valence-corrected chi connectivity index (χ2v) is 4.70. The van der Waals surface area contributed by atoms with E-state index in [4.69, 9.17) is 0 Å². The maximum Gasteiger partial charge on any atom is 0.325 e. The third kappa shape index (κ3) is 2.79. The van der Waals surface area contributed by atoms with Crippen LogP contribution in [0, 0.1) is 0 Å². The zero-order chi connectivity index (χ0) is 14.7. The van der Waals surface area contributed by atoms with Crippen molar-refractivity contribution in [1.29, 1.82) is 0 Å². The Bertz CT molecular complexity index is 454. The van der Waals surface area contributed by atoms with Crippen molar-refractivity contribution in [3.05, 3.63) is 12.3 Å². The summed E-state index contributed by atoms with van der Waals surface area (Å²) in [4.78, 5) is 38.0. The molecule has 2 unspecified atom stereocenters. The number of piperidine rings is 1. The molecule has 0 radical (unpaired) electrons. The molecule has 2 N–H and O–H groups in total. The van der Waals surface area contributed by atoms with Crippen LogP contribution in [0.3, 0.4) is 0 Å². The monoisotopic (exact) mass is 284 g/mol. The molecule has 0 aliphatic carbocycles. The van der Waals surface area contributed by atoms with E-state index in [1.807, 2.05) is 0 Å².